The van der Waals surface area contributed by atoms with E-state index >= 15 is 0 Å². The monoisotopic (exact) mass is 289 g/mol. The highest BCUT2D eigenvalue weighted by atomic mass is 35.5. The Balaban J connectivity index is 2.12. The number of imidazole rings is 1. The molecule has 0 aliphatic rings. The van der Waals surface area contributed by atoms with Crippen LogP contribution in [0.3, 0.4) is 0 Å². The van der Waals surface area contributed by atoms with E-state index in [2.05, 4.69) is 9.97 Å². The van der Waals surface area contributed by atoms with Gasteiger partial charge >= 0.3 is 0 Å². The predicted octanol–water partition coefficient (Wildman–Crippen LogP) is 4.10. The topological polar surface area (TPSA) is 33.6 Å². The number of aryl methyl sites for hydroxylation is 1. The number of hydrogen-bond acceptors (Lipinski definition) is 2. The van der Waals surface area contributed by atoms with E-state index in [1.54, 1.807) is 0 Å². The molecule has 0 fully saturated rings. The summed E-state index contributed by atoms with van der Waals surface area (Å²) in [5, 5.41) is 0.701. The summed E-state index contributed by atoms with van der Waals surface area (Å²) in [7, 11) is 0. The maximum Gasteiger partial charge on any atom is 0.178 e. The number of H-pyrrole nitrogens is 1. The van der Waals surface area contributed by atoms with E-state index in [1.807, 2.05) is 47.9 Å². The molecule has 1 N–H and O–H groups in total. The normalized spacial score (nSPS) is 11.1. The molecular weight excluding hydrogens is 278 g/mol. The molecule has 19 heavy (non-hydrogen) atoms. The van der Waals surface area contributed by atoms with Gasteiger partial charge in [0.25, 0.3) is 0 Å². The van der Waals surface area contributed by atoms with Gasteiger partial charge in [-0.1, -0.05) is 17.7 Å². The van der Waals surface area contributed by atoms with E-state index in [9.17, 15) is 0 Å². The Labute approximate surface area is 120 Å². The van der Waals surface area contributed by atoms with Crippen LogP contribution in [0.2, 0.25) is 5.02 Å². The second-order valence-corrected chi connectivity index (χ2v) is 5.27. The molecule has 3 nitrogen and oxygen atoms in total. The lowest BCUT2D eigenvalue weighted by Gasteiger charge is -2.05. The van der Waals surface area contributed by atoms with E-state index in [1.165, 1.54) is 0 Å². The maximum atomic E-state index is 6.05. The number of benzene rings is 1. The van der Waals surface area contributed by atoms with Gasteiger partial charge < -0.3 is 9.55 Å². The third kappa shape index (κ3) is 2.41. The zero-order valence-electron chi connectivity index (χ0n) is 10.4. The highest BCUT2D eigenvalue weighted by Gasteiger charge is 2.06. The summed E-state index contributed by atoms with van der Waals surface area (Å²) < 4.78 is 2.69. The molecule has 0 aliphatic carbocycles. The summed E-state index contributed by atoms with van der Waals surface area (Å²) in [5.74, 6) is 0. The average Bonchev–Trinajstić information content (AvgIpc) is 2.66. The minimum Gasteiger partial charge on any atom is -0.331 e. The fraction of sp³-hybridized carbons (Fsp3) is 0.143. The first-order valence-corrected chi connectivity index (χ1v) is 6.73. The van der Waals surface area contributed by atoms with Crippen LogP contribution in [0.15, 0.2) is 36.4 Å². The van der Waals surface area contributed by atoms with Crippen LogP contribution in [0.1, 0.15) is 11.4 Å². The van der Waals surface area contributed by atoms with Crippen molar-refractivity contribution in [3.63, 3.8) is 0 Å². The summed E-state index contributed by atoms with van der Waals surface area (Å²) in [5.41, 5.74) is 3.97. The first-order valence-electron chi connectivity index (χ1n) is 5.94. The summed E-state index contributed by atoms with van der Waals surface area (Å²) >= 11 is 11.4. The first-order chi connectivity index (χ1) is 9.13. The van der Waals surface area contributed by atoms with Gasteiger partial charge in [0.2, 0.25) is 0 Å². The molecule has 3 rings (SSSR count). The Morgan fingerprint density at radius 2 is 2.16 bits per heavy atom. The molecule has 3 aromatic rings. The van der Waals surface area contributed by atoms with E-state index in [0.29, 0.717) is 16.3 Å². The molecule has 0 saturated heterocycles. The Morgan fingerprint density at radius 3 is 2.95 bits per heavy atom. The van der Waals surface area contributed by atoms with Crippen LogP contribution in [0, 0.1) is 11.7 Å². The van der Waals surface area contributed by atoms with Crippen molar-refractivity contribution in [2.45, 2.75) is 13.5 Å². The standard InChI is InChI=1S/C14H12ClN3S/c1-9-3-2-4-11(16-9)8-18-13-7-10(15)5-6-12(13)17-14(18)19/h2-7H,8H2,1H3,(H,17,19). The van der Waals surface area contributed by atoms with Crippen molar-refractivity contribution in [1.29, 1.82) is 0 Å². The number of aromatic nitrogens is 3. The molecule has 2 heterocycles. The third-order valence-electron chi connectivity index (χ3n) is 3.00. The number of pyridine rings is 1. The number of nitrogens with zero attached hydrogens (tertiary/aromatic N) is 2. The lowest BCUT2D eigenvalue weighted by atomic mass is 10.3. The van der Waals surface area contributed by atoms with Crippen LogP contribution in [0.5, 0.6) is 0 Å². The lowest BCUT2D eigenvalue weighted by Crippen LogP contribution is -2.02. The zero-order chi connectivity index (χ0) is 13.4. The second kappa shape index (κ2) is 4.79. The fourth-order valence-corrected chi connectivity index (χ4v) is 2.57. The van der Waals surface area contributed by atoms with Crippen molar-refractivity contribution < 1.29 is 0 Å². The van der Waals surface area contributed by atoms with Crippen molar-refractivity contribution in [1.82, 2.24) is 14.5 Å². The summed E-state index contributed by atoms with van der Waals surface area (Å²) in [6.45, 7) is 2.62. The van der Waals surface area contributed by atoms with E-state index in [-0.39, 0.29) is 0 Å². The van der Waals surface area contributed by atoms with Crippen LogP contribution >= 0.6 is 23.8 Å². The van der Waals surface area contributed by atoms with Gasteiger partial charge in [0.1, 0.15) is 0 Å². The number of fused-ring (bicyclic) bond motifs is 1. The molecule has 96 valence electrons. The molecule has 5 heteroatoms. The van der Waals surface area contributed by atoms with Crippen LogP contribution in [0.4, 0.5) is 0 Å². The van der Waals surface area contributed by atoms with Gasteiger partial charge in [-0.25, -0.2) is 0 Å². The van der Waals surface area contributed by atoms with Gasteiger partial charge in [-0.2, -0.15) is 0 Å². The van der Waals surface area contributed by atoms with Crippen molar-refractivity contribution in [3.05, 3.63) is 57.6 Å². The molecule has 0 amide bonds. The Kier molecular flexibility index (Phi) is 3.12. The Hall–Kier alpha value is -1.65. The molecule has 0 unspecified atom stereocenters. The van der Waals surface area contributed by atoms with Gasteiger partial charge in [-0.3, -0.25) is 4.98 Å². The molecule has 1 aromatic carbocycles. The molecule has 2 aromatic heterocycles. The Morgan fingerprint density at radius 1 is 1.32 bits per heavy atom. The predicted molar refractivity (Wildman–Crippen MR) is 80.2 cm³/mol. The minimum atomic E-state index is 0.640. The summed E-state index contributed by atoms with van der Waals surface area (Å²) in [4.78, 5) is 7.68. The zero-order valence-corrected chi connectivity index (χ0v) is 11.9. The van der Waals surface area contributed by atoms with E-state index in [0.717, 1.165) is 22.4 Å². The molecule has 0 aliphatic heterocycles. The Bertz CT molecular complexity index is 804. The highest BCUT2D eigenvalue weighted by Crippen LogP contribution is 2.20. The third-order valence-corrected chi connectivity index (χ3v) is 3.56. The lowest BCUT2D eigenvalue weighted by molar-refractivity contribution is 0.781. The number of hydrogen-bond donors (Lipinski definition) is 1. The molecule has 0 saturated carbocycles. The number of aromatic amines is 1. The quantitative estimate of drug-likeness (QED) is 0.721. The molecule has 0 atom stereocenters. The van der Waals surface area contributed by atoms with Crippen molar-refractivity contribution >= 4 is 34.9 Å². The molecule has 0 radical (unpaired) electrons. The SMILES string of the molecule is Cc1cccc(Cn2c(=S)[nH]c3ccc(Cl)cc32)n1. The van der Waals surface area contributed by atoms with Crippen molar-refractivity contribution in [3.8, 4) is 0 Å². The number of nitrogens with one attached hydrogen (secondary N) is 1. The van der Waals surface area contributed by atoms with Gasteiger partial charge in [0.05, 0.1) is 23.3 Å². The summed E-state index contributed by atoms with van der Waals surface area (Å²) in [6.07, 6.45) is 0. The molecule has 0 spiro atoms. The van der Waals surface area contributed by atoms with Gasteiger partial charge in [-0.05, 0) is 49.5 Å². The van der Waals surface area contributed by atoms with Crippen molar-refractivity contribution in [2.75, 3.05) is 0 Å². The smallest absolute Gasteiger partial charge is 0.178 e. The van der Waals surface area contributed by atoms with Crippen LogP contribution in [-0.2, 0) is 6.54 Å². The molecular formula is C14H12ClN3S. The molecule has 0 bridgehead atoms. The fourth-order valence-electron chi connectivity index (χ4n) is 2.13. The summed E-state index contributed by atoms with van der Waals surface area (Å²) in [6, 6.07) is 11.7. The largest absolute Gasteiger partial charge is 0.331 e. The van der Waals surface area contributed by atoms with Gasteiger partial charge in [0, 0.05) is 10.7 Å². The minimum absolute atomic E-state index is 0.640. The second-order valence-electron chi connectivity index (χ2n) is 4.45. The van der Waals surface area contributed by atoms with Gasteiger partial charge in [-0.15, -0.1) is 0 Å². The van der Waals surface area contributed by atoms with Crippen molar-refractivity contribution in [2.24, 2.45) is 0 Å². The number of halogens is 1. The first kappa shape index (κ1) is 12.4. The highest BCUT2D eigenvalue weighted by molar-refractivity contribution is 7.71. The van der Waals surface area contributed by atoms with E-state index < -0.39 is 0 Å². The number of rotatable bonds is 2. The maximum absolute atomic E-state index is 6.05. The van der Waals surface area contributed by atoms with Crippen LogP contribution in [0.25, 0.3) is 11.0 Å². The van der Waals surface area contributed by atoms with Crippen LogP contribution in [-0.4, -0.2) is 14.5 Å². The van der Waals surface area contributed by atoms with E-state index in [4.69, 9.17) is 23.8 Å². The van der Waals surface area contributed by atoms with Gasteiger partial charge in [0.15, 0.2) is 4.77 Å². The van der Waals surface area contributed by atoms with Crippen LogP contribution < -0.4 is 0 Å². The average molecular weight is 290 g/mol.